The Kier molecular flexibility index (Phi) is 2.94. The zero-order valence-electron chi connectivity index (χ0n) is 12.6. The summed E-state index contributed by atoms with van der Waals surface area (Å²) in [6.45, 7) is 8.01. The van der Waals surface area contributed by atoms with Crippen molar-refractivity contribution >= 4 is 29.5 Å². The fourth-order valence-corrected chi connectivity index (χ4v) is 2.45. The lowest BCUT2D eigenvalue weighted by Gasteiger charge is -2.32. The van der Waals surface area contributed by atoms with Crippen molar-refractivity contribution < 1.29 is 19.2 Å². The van der Waals surface area contributed by atoms with E-state index in [9.17, 15) is 4.79 Å². The largest absolute Gasteiger partial charge is 0.494 e. The first-order valence-corrected chi connectivity index (χ1v) is 6.91. The Morgan fingerprint density at radius 3 is 2.38 bits per heavy atom. The minimum absolute atomic E-state index is 0.269. The molecule has 2 aromatic rings. The first-order valence-electron chi connectivity index (χ1n) is 6.91. The number of hydrogen-bond donors (Lipinski definition) is 2. The number of rotatable bonds is 2. The zero-order chi connectivity index (χ0) is 15.4. The highest BCUT2D eigenvalue weighted by atomic mass is 16.7. The van der Waals surface area contributed by atoms with Crippen molar-refractivity contribution in [2.24, 2.45) is 0 Å². The van der Waals surface area contributed by atoms with E-state index in [4.69, 9.17) is 14.4 Å². The molecule has 21 heavy (non-hydrogen) atoms. The molecule has 0 unspecified atom stereocenters. The van der Waals surface area contributed by atoms with Crippen LogP contribution < -0.4 is 5.46 Å². The molecule has 3 rings (SSSR count). The van der Waals surface area contributed by atoms with Gasteiger partial charge in [0.2, 0.25) is 0 Å². The van der Waals surface area contributed by atoms with Crippen LogP contribution in [0.25, 0.3) is 10.9 Å². The Hall–Kier alpha value is -1.79. The number of carboxylic acids is 1. The lowest BCUT2D eigenvalue weighted by atomic mass is 9.79. The molecule has 0 saturated carbocycles. The number of carbonyl (C=O) groups is 1. The van der Waals surface area contributed by atoms with E-state index in [1.807, 2.05) is 39.8 Å². The normalized spacial score (nSPS) is 20.1. The predicted octanol–water partition coefficient (Wildman–Crippen LogP) is 2.17. The summed E-state index contributed by atoms with van der Waals surface area (Å²) >= 11 is 0. The van der Waals surface area contributed by atoms with Crippen LogP contribution in [0.4, 0.5) is 0 Å². The second kappa shape index (κ2) is 4.35. The van der Waals surface area contributed by atoms with Gasteiger partial charge in [-0.2, -0.15) is 0 Å². The summed E-state index contributed by atoms with van der Waals surface area (Å²) in [5, 5.41) is 9.80. The third-order valence-corrected chi connectivity index (χ3v) is 4.46. The lowest BCUT2D eigenvalue weighted by Crippen LogP contribution is -2.41. The highest BCUT2D eigenvalue weighted by molar-refractivity contribution is 6.62. The van der Waals surface area contributed by atoms with Gasteiger partial charge in [0.1, 0.15) is 0 Å². The molecule has 1 aromatic heterocycles. The third-order valence-electron chi connectivity index (χ3n) is 4.46. The molecule has 2 heterocycles. The fourth-order valence-electron chi connectivity index (χ4n) is 2.45. The maximum atomic E-state index is 11.1. The average molecular weight is 287 g/mol. The van der Waals surface area contributed by atoms with Gasteiger partial charge in [0.05, 0.1) is 16.8 Å². The minimum atomic E-state index is -0.940. The number of fused-ring (bicyclic) bond motifs is 1. The van der Waals surface area contributed by atoms with Gasteiger partial charge in [-0.15, -0.1) is 0 Å². The molecule has 0 atom stereocenters. The van der Waals surface area contributed by atoms with E-state index in [0.29, 0.717) is 5.39 Å². The van der Waals surface area contributed by atoms with Crippen LogP contribution in [-0.4, -0.2) is 34.4 Å². The molecule has 1 fully saturated rings. The highest BCUT2D eigenvalue weighted by Crippen LogP contribution is 2.36. The van der Waals surface area contributed by atoms with E-state index < -0.39 is 24.3 Å². The summed E-state index contributed by atoms with van der Waals surface area (Å²) in [7, 11) is -0.448. The van der Waals surface area contributed by atoms with Gasteiger partial charge in [0.25, 0.3) is 0 Å². The van der Waals surface area contributed by atoms with Gasteiger partial charge in [-0.05, 0) is 39.2 Å². The molecule has 1 aliphatic rings. The maximum absolute atomic E-state index is 11.1. The summed E-state index contributed by atoms with van der Waals surface area (Å²) in [5.74, 6) is -0.940. The fraction of sp³-hybridized carbons (Fsp3) is 0.400. The van der Waals surface area contributed by atoms with Gasteiger partial charge < -0.3 is 19.4 Å². The van der Waals surface area contributed by atoms with Crippen molar-refractivity contribution in [2.75, 3.05) is 0 Å². The molecule has 0 bridgehead atoms. The summed E-state index contributed by atoms with van der Waals surface area (Å²) in [6.07, 6.45) is 1.50. The first kappa shape index (κ1) is 14.2. The molecular weight excluding hydrogens is 269 g/mol. The molecule has 0 amide bonds. The molecule has 110 valence electrons. The van der Waals surface area contributed by atoms with Gasteiger partial charge >= 0.3 is 13.1 Å². The molecular formula is C15H18BNO4. The van der Waals surface area contributed by atoms with Crippen molar-refractivity contribution in [3.05, 3.63) is 30.0 Å². The number of aromatic nitrogens is 1. The number of aromatic amines is 1. The van der Waals surface area contributed by atoms with Crippen LogP contribution in [0.2, 0.25) is 0 Å². The van der Waals surface area contributed by atoms with Crippen LogP contribution in [0.3, 0.4) is 0 Å². The number of aromatic carboxylic acids is 1. The Bertz CT molecular complexity index is 704. The van der Waals surface area contributed by atoms with Crippen LogP contribution in [0.1, 0.15) is 38.1 Å². The molecule has 0 radical (unpaired) electrons. The topological polar surface area (TPSA) is 71.5 Å². The van der Waals surface area contributed by atoms with Gasteiger partial charge in [-0.25, -0.2) is 4.79 Å². The molecule has 5 nitrogen and oxygen atoms in total. The molecule has 0 spiro atoms. The Morgan fingerprint density at radius 1 is 1.19 bits per heavy atom. The Labute approximate surface area is 123 Å². The predicted molar refractivity (Wildman–Crippen MR) is 81.0 cm³/mol. The van der Waals surface area contributed by atoms with Crippen LogP contribution in [0.5, 0.6) is 0 Å². The molecule has 1 saturated heterocycles. The quantitative estimate of drug-likeness (QED) is 0.830. The Balaban J connectivity index is 1.98. The minimum Gasteiger partial charge on any atom is -0.478 e. The molecule has 1 aliphatic heterocycles. The summed E-state index contributed by atoms with van der Waals surface area (Å²) in [4.78, 5) is 14.1. The second-order valence-electron chi connectivity index (χ2n) is 6.40. The van der Waals surface area contributed by atoms with Crippen molar-refractivity contribution in [3.63, 3.8) is 0 Å². The standard InChI is InChI=1S/C15H18BNO4/c1-14(2)15(3,4)21-16(20-14)9-5-6-10-11(13(18)19)8-17-12(10)7-9/h5-8,17H,1-4H3,(H,18,19). The number of carboxylic acid groups (broad SMARTS) is 1. The second-order valence-corrected chi connectivity index (χ2v) is 6.40. The average Bonchev–Trinajstić information content (AvgIpc) is 2.87. The zero-order valence-corrected chi connectivity index (χ0v) is 12.6. The number of benzene rings is 1. The lowest BCUT2D eigenvalue weighted by molar-refractivity contribution is 0.00578. The van der Waals surface area contributed by atoms with E-state index in [2.05, 4.69) is 4.98 Å². The number of hydrogen-bond acceptors (Lipinski definition) is 3. The van der Waals surface area contributed by atoms with Crippen molar-refractivity contribution in [1.29, 1.82) is 0 Å². The van der Waals surface area contributed by atoms with Crippen LogP contribution in [0, 0.1) is 0 Å². The van der Waals surface area contributed by atoms with Crippen LogP contribution in [0.15, 0.2) is 24.4 Å². The molecule has 1 aromatic carbocycles. The summed E-state index contributed by atoms with van der Waals surface area (Å²) in [6, 6.07) is 5.52. The number of H-pyrrole nitrogens is 1. The van der Waals surface area contributed by atoms with Crippen LogP contribution >= 0.6 is 0 Å². The summed E-state index contributed by atoms with van der Waals surface area (Å²) < 4.78 is 12.0. The van der Waals surface area contributed by atoms with Gasteiger partial charge in [-0.1, -0.05) is 12.1 Å². The molecule has 0 aliphatic carbocycles. The molecule has 2 N–H and O–H groups in total. The van der Waals surface area contributed by atoms with E-state index >= 15 is 0 Å². The van der Waals surface area contributed by atoms with Gasteiger partial charge in [0.15, 0.2) is 0 Å². The van der Waals surface area contributed by atoms with Crippen molar-refractivity contribution in [2.45, 2.75) is 38.9 Å². The SMILES string of the molecule is CC1(C)OB(c2ccc3c(C(=O)O)c[nH]c3c2)OC1(C)C. The van der Waals surface area contributed by atoms with E-state index in [1.54, 1.807) is 6.07 Å². The van der Waals surface area contributed by atoms with E-state index in [1.165, 1.54) is 6.20 Å². The first-order chi connectivity index (χ1) is 9.71. The van der Waals surface area contributed by atoms with Gasteiger partial charge in [0, 0.05) is 17.1 Å². The van der Waals surface area contributed by atoms with Gasteiger partial charge in [-0.3, -0.25) is 0 Å². The van der Waals surface area contributed by atoms with Crippen molar-refractivity contribution in [3.8, 4) is 0 Å². The van der Waals surface area contributed by atoms with E-state index in [0.717, 1.165) is 11.0 Å². The smallest absolute Gasteiger partial charge is 0.478 e. The van der Waals surface area contributed by atoms with Crippen LogP contribution in [-0.2, 0) is 9.31 Å². The third kappa shape index (κ3) is 2.15. The molecule has 6 heteroatoms. The van der Waals surface area contributed by atoms with Crippen molar-refractivity contribution in [1.82, 2.24) is 4.98 Å². The van der Waals surface area contributed by atoms with E-state index in [-0.39, 0.29) is 5.56 Å². The monoisotopic (exact) mass is 287 g/mol. The maximum Gasteiger partial charge on any atom is 0.494 e. The summed E-state index contributed by atoms with van der Waals surface area (Å²) in [5.41, 5.74) is 1.12. The highest BCUT2D eigenvalue weighted by Gasteiger charge is 2.51. The number of nitrogens with one attached hydrogen (secondary N) is 1. The Morgan fingerprint density at radius 2 is 1.81 bits per heavy atom.